The smallest absolute Gasteiger partial charge is 0.0558 e. The van der Waals surface area contributed by atoms with Gasteiger partial charge in [0.05, 0.1) is 13.2 Å². The summed E-state index contributed by atoms with van der Waals surface area (Å²) in [4.78, 5) is 4.90. The molecule has 19 heavy (non-hydrogen) atoms. The van der Waals surface area contributed by atoms with Crippen molar-refractivity contribution in [3.63, 3.8) is 0 Å². The Morgan fingerprint density at radius 3 is 2.05 bits per heavy atom. The molecular formula is C14H29N3O2. The molecule has 0 bridgehead atoms. The van der Waals surface area contributed by atoms with E-state index in [9.17, 15) is 0 Å². The molecule has 0 aromatic heterocycles. The zero-order chi connectivity index (χ0) is 13.5. The van der Waals surface area contributed by atoms with Gasteiger partial charge >= 0.3 is 0 Å². The van der Waals surface area contributed by atoms with Crippen molar-refractivity contribution >= 4 is 0 Å². The quantitative estimate of drug-likeness (QED) is 0.607. The molecule has 5 nitrogen and oxygen atoms in total. The Kier molecular flexibility index (Phi) is 6.53. The summed E-state index contributed by atoms with van der Waals surface area (Å²) in [5.41, 5.74) is 0. The summed E-state index contributed by atoms with van der Waals surface area (Å²) in [7, 11) is 0. The highest BCUT2D eigenvalue weighted by atomic mass is 16.3. The van der Waals surface area contributed by atoms with Crippen molar-refractivity contribution in [3.8, 4) is 0 Å². The van der Waals surface area contributed by atoms with E-state index in [1.54, 1.807) is 0 Å². The van der Waals surface area contributed by atoms with Crippen LogP contribution < -0.4 is 5.32 Å². The minimum absolute atomic E-state index is 0.189. The van der Waals surface area contributed by atoms with Crippen molar-refractivity contribution in [2.45, 2.75) is 37.8 Å². The van der Waals surface area contributed by atoms with Crippen LogP contribution in [0.3, 0.4) is 0 Å². The van der Waals surface area contributed by atoms with Gasteiger partial charge in [0, 0.05) is 25.2 Å². The van der Waals surface area contributed by atoms with E-state index in [1.807, 2.05) is 0 Å². The van der Waals surface area contributed by atoms with Gasteiger partial charge in [-0.3, -0.25) is 4.90 Å². The van der Waals surface area contributed by atoms with Gasteiger partial charge in [0.25, 0.3) is 0 Å². The molecule has 2 rings (SSSR count). The Bertz CT molecular complexity index is 233. The molecule has 0 aromatic rings. The normalized spacial score (nSPS) is 24.2. The summed E-state index contributed by atoms with van der Waals surface area (Å²) >= 11 is 0. The van der Waals surface area contributed by atoms with Crippen molar-refractivity contribution in [2.75, 3.05) is 52.5 Å². The molecule has 0 aliphatic carbocycles. The first-order chi connectivity index (χ1) is 9.35. The van der Waals surface area contributed by atoms with E-state index in [0.717, 1.165) is 19.1 Å². The molecule has 2 heterocycles. The highest BCUT2D eigenvalue weighted by Crippen LogP contribution is 2.21. The van der Waals surface area contributed by atoms with Crippen LogP contribution in [0.2, 0.25) is 0 Å². The van der Waals surface area contributed by atoms with Crippen molar-refractivity contribution in [2.24, 2.45) is 0 Å². The zero-order valence-corrected chi connectivity index (χ0v) is 11.9. The van der Waals surface area contributed by atoms with E-state index in [-0.39, 0.29) is 13.2 Å². The number of piperidine rings is 2. The fraction of sp³-hybridized carbons (Fsp3) is 1.00. The van der Waals surface area contributed by atoms with Gasteiger partial charge in [0.2, 0.25) is 0 Å². The summed E-state index contributed by atoms with van der Waals surface area (Å²) < 4.78 is 0. The molecule has 0 radical (unpaired) electrons. The van der Waals surface area contributed by atoms with Gasteiger partial charge in [0.15, 0.2) is 0 Å². The van der Waals surface area contributed by atoms with E-state index in [2.05, 4.69) is 15.1 Å². The second kappa shape index (κ2) is 8.17. The maximum atomic E-state index is 9.11. The Hall–Kier alpha value is -0.200. The number of hydrogen-bond donors (Lipinski definition) is 3. The Morgan fingerprint density at radius 2 is 1.53 bits per heavy atom. The van der Waals surface area contributed by atoms with Crippen molar-refractivity contribution in [1.29, 1.82) is 0 Å². The highest BCUT2D eigenvalue weighted by molar-refractivity contribution is 4.85. The molecule has 112 valence electrons. The Balaban J connectivity index is 1.76. The van der Waals surface area contributed by atoms with Crippen LogP contribution in [0.15, 0.2) is 0 Å². The third-order valence-corrected chi connectivity index (χ3v) is 4.61. The number of rotatable bonds is 6. The third-order valence-electron chi connectivity index (χ3n) is 4.61. The summed E-state index contributed by atoms with van der Waals surface area (Å²) in [6.07, 6.45) is 4.90. The standard InChI is InChI=1S/C14H29N3O2/c18-11-9-17(10-12-19)14-3-7-16(8-4-14)13-1-5-15-6-2-13/h13-15,18-19H,1-12H2. The predicted molar refractivity (Wildman–Crippen MR) is 76.2 cm³/mol. The molecule has 0 saturated carbocycles. The molecule has 2 aliphatic rings. The van der Waals surface area contributed by atoms with Crippen LogP contribution in [-0.4, -0.2) is 84.6 Å². The lowest BCUT2D eigenvalue weighted by Crippen LogP contribution is -2.51. The molecule has 0 unspecified atom stereocenters. The van der Waals surface area contributed by atoms with Crippen molar-refractivity contribution < 1.29 is 10.2 Å². The molecule has 2 fully saturated rings. The second-order valence-electron chi connectivity index (χ2n) is 5.73. The van der Waals surface area contributed by atoms with Crippen LogP contribution in [0, 0.1) is 0 Å². The van der Waals surface area contributed by atoms with Gasteiger partial charge < -0.3 is 20.4 Å². The van der Waals surface area contributed by atoms with E-state index in [0.29, 0.717) is 19.1 Å². The van der Waals surface area contributed by atoms with E-state index < -0.39 is 0 Å². The van der Waals surface area contributed by atoms with Crippen LogP contribution in [-0.2, 0) is 0 Å². The number of nitrogens with zero attached hydrogens (tertiary/aromatic N) is 2. The lowest BCUT2D eigenvalue weighted by atomic mass is 9.97. The average molecular weight is 271 g/mol. The Labute approximate surface area is 116 Å². The first-order valence-electron chi connectivity index (χ1n) is 7.75. The molecule has 2 aliphatic heterocycles. The topological polar surface area (TPSA) is 59.0 Å². The molecule has 0 amide bonds. The number of aliphatic hydroxyl groups excluding tert-OH is 2. The maximum Gasteiger partial charge on any atom is 0.0558 e. The first kappa shape index (κ1) is 15.2. The number of nitrogens with one attached hydrogen (secondary N) is 1. The Morgan fingerprint density at radius 1 is 0.947 bits per heavy atom. The molecule has 5 heteroatoms. The second-order valence-corrected chi connectivity index (χ2v) is 5.73. The van der Waals surface area contributed by atoms with Crippen LogP contribution in [0.25, 0.3) is 0 Å². The molecule has 0 aromatic carbocycles. The monoisotopic (exact) mass is 271 g/mol. The highest BCUT2D eigenvalue weighted by Gasteiger charge is 2.28. The maximum absolute atomic E-state index is 9.11. The molecule has 0 atom stereocenters. The number of likely N-dealkylation sites (tertiary alicyclic amines) is 1. The van der Waals surface area contributed by atoms with E-state index >= 15 is 0 Å². The van der Waals surface area contributed by atoms with Crippen LogP contribution in [0.5, 0.6) is 0 Å². The summed E-state index contributed by atoms with van der Waals surface area (Å²) in [6.45, 7) is 6.42. The van der Waals surface area contributed by atoms with Crippen molar-refractivity contribution in [1.82, 2.24) is 15.1 Å². The van der Waals surface area contributed by atoms with Gasteiger partial charge in [-0.1, -0.05) is 0 Å². The van der Waals surface area contributed by atoms with Crippen LogP contribution in [0.1, 0.15) is 25.7 Å². The largest absolute Gasteiger partial charge is 0.395 e. The minimum atomic E-state index is 0.189. The fourth-order valence-corrected chi connectivity index (χ4v) is 3.52. The van der Waals surface area contributed by atoms with E-state index in [1.165, 1.54) is 38.8 Å². The van der Waals surface area contributed by atoms with Gasteiger partial charge in [-0.15, -0.1) is 0 Å². The number of hydrogen-bond acceptors (Lipinski definition) is 5. The zero-order valence-electron chi connectivity index (χ0n) is 11.9. The van der Waals surface area contributed by atoms with Crippen LogP contribution >= 0.6 is 0 Å². The molecule has 2 saturated heterocycles. The van der Waals surface area contributed by atoms with E-state index in [4.69, 9.17) is 10.2 Å². The average Bonchev–Trinajstić information content (AvgIpc) is 2.48. The molecule has 0 spiro atoms. The SMILES string of the molecule is OCCN(CCO)C1CCN(C2CCNCC2)CC1. The van der Waals surface area contributed by atoms with Gasteiger partial charge in [-0.25, -0.2) is 0 Å². The number of aliphatic hydroxyl groups is 2. The third kappa shape index (κ3) is 4.39. The summed E-state index contributed by atoms with van der Waals surface area (Å²) in [5, 5.41) is 21.6. The fourth-order valence-electron chi connectivity index (χ4n) is 3.52. The van der Waals surface area contributed by atoms with Gasteiger partial charge in [0.1, 0.15) is 0 Å². The predicted octanol–water partition coefficient (Wildman–Crippen LogP) is -0.511. The minimum Gasteiger partial charge on any atom is -0.395 e. The lowest BCUT2D eigenvalue weighted by Gasteiger charge is -2.42. The van der Waals surface area contributed by atoms with Crippen LogP contribution in [0.4, 0.5) is 0 Å². The van der Waals surface area contributed by atoms with Gasteiger partial charge in [-0.2, -0.15) is 0 Å². The first-order valence-corrected chi connectivity index (χ1v) is 7.75. The van der Waals surface area contributed by atoms with Crippen molar-refractivity contribution in [3.05, 3.63) is 0 Å². The van der Waals surface area contributed by atoms with Gasteiger partial charge in [-0.05, 0) is 51.9 Å². The molecule has 3 N–H and O–H groups in total. The summed E-state index contributed by atoms with van der Waals surface area (Å²) in [6, 6.07) is 1.31. The summed E-state index contributed by atoms with van der Waals surface area (Å²) in [5.74, 6) is 0. The lowest BCUT2D eigenvalue weighted by molar-refractivity contribution is 0.0544. The molecular weight excluding hydrogens is 242 g/mol.